The van der Waals surface area contributed by atoms with Gasteiger partial charge in [-0.25, -0.2) is 9.48 Å². The van der Waals surface area contributed by atoms with Gasteiger partial charge in [0.15, 0.2) is 0 Å². The van der Waals surface area contributed by atoms with Crippen molar-refractivity contribution >= 4 is 6.03 Å². The third kappa shape index (κ3) is 5.86. The van der Waals surface area contributed by atoms with Crippen LogP contribution in [0.5, 0.6) is 17.4 Å². The first-order valence-electron chi connectivity index (χ1n) is 11.5. The molecule has 0 fully saturated rings. The summed E-state index contributed by atoms with van der Waals surface area (Å²) in [4.78, 5) is 14.9. The number of ether oxygens (including phenoxy) is 2. The third-order valence-electron chi connectivity index (χ3n) is 5.65. The lowest BCUT2D eigenvalue weighted by molar-refractivity contribution is 0.173. The van der Waals surface area contributed by atoms with Crippen molar-refractivity contribution in [2.24, 2.45) is 7.05 Å². The Morgan fingerprint density at radius 3 is 2.36 bits per heavy atom. The summed E-state index contributed by atoms with van der Waals surface area (Å²) in [5.41, 5.74) is 2.65. The molecule has 1 atom stereocenters. The van der Waals surface area contributed by atoms with Crippen LogP contribution in [-0.2, 0) is 13.6 Å². The van der Waals surface area contributed by atoms with Gasteiger partial charge in [-0.3, -0.25) is 0 Å². The minimum Gasteiger partial charge on any atom is -0.497 e. The van der Waals surface area contributed by atoms with Crippen LogP contribution in [0.25, 0.3) is 11.3 Å². The molecule has 2 amide bonds. The second-order valence-electron chi connectivity index (χ2n) is 8.02. The lowest BCUT2D eigenvalue weighted by Gasteiger charge is -2.29. The average Bonchev–Trinajstić information content (AvgIpc) is 3.16. The first-order valence-corrected chi connectivity index (χ1v) is 11.5. The van der Waals surface area contributed by atoms with Gasteiger partial charge in [-0.05, 0) is 44.0 Å². The van der Waals surface area contributed by atoms with E-state index in [-0.39, 0.29) is 12.1 Å². The lowest BCUT2D eigenvalue weighted by Crippen LogP contribution is -2.44. The highest BCUT2D eigenvalue weighted by Crippen LogP contribution is 2.35. The summed E-state index contributed by atoms with van der Waals surface area (Å²) in [6.45, 7) is 7.21. The standard InChI is InChI=1S/C26H34N4O3/c1-6-17-27-26(31)30(19(3)7-2)18-23-24(20-11-9-8-10-12-20)28-29(4)25(23)33-22-15-13-21(32-5)14-16-22/h8-16,19H,6-7,17-18H2,1-5H3,(H,27,31)/t19-/m1/s1. The molecule has 3 aromatic rings. The van der Waals surface area contributed by atoms with E-state index in [4.69, 9.17) is 14.6 Å². The molecule has 0 aliphatic rings. The normalized spacial score (nSPS) is 11.7. The summed E-state index contributed by atoms with van der Waals surface area (Å²) in [6, 6.07) is 17.4. The molecule has 3 rings (SSSR count). The van der Waals surface area contributed by atoms with Crippen molar-refractivity contribution in [3.63, 3.8) is 0 Å². The summed E-state index contributed by atoms with van der Waals surface area (Å²) in [7, 11) is 3.49. The van der Waals surface area contributed by atoms with Crippen LogP contribution in [0, 0.1) is 0 Å². The fourth-order valence-electron chi connectivity index (χ4n) is 3.56. The van der Waals surface area contributed by atoms with Gasteiger partial charge < -0.3 is 19.7 Å². The SMILES string of the molecule is CCCNC(=O)N(Cc1c(-c2ccccc2)nn(C)c1Oc1ccc(OC)cc1)[C@H](C)CC. The second kappa shape index (κ2) is 11.4. The number of carbonyl (C=O) groups excluding carboxylic acids is 1. The monoisotopic (exact) mass is 450 g/mol. The minimum absolute atomic E-state index is 0.0551. The molecule has 0 saturated carbocycles. The van der Waals surface area contributed by atoms with Crippen LogP contribution in [0.1, 0.15) is 39.2 Å². The topological polar surface area (TPSA) is 68.6 Å². The second-order valence-corrected chi connectivity index (χ2v) is 8.02. The quantitative estimate of drug-likeness (QED) is 0.436. The molecule has 176 valence electrons. The number of hydrogen-bond donors (Lipinski definition) is 1. The molecule has 1 heterocycles. The number of benzene rings is 2. The third-order valence-corrected chi connectivity index (χ3v) is 5.65. The van der Waals surface area contributed by atoms with E-state index >= 15 is 0 Å². The van der Waals surface area contributed by atoms with E-state index in [1.165, 1.54) is 0 Å². The summed E-state index contributed by atoms with van der Waals surface area (Å²) < 4.78 is 13.3. The Kier molecular flexibility index (Phi) is 8.35. The maximum absolute atomic E-state index is 13.0. The number of urea groups is 1. The van der Waals surface area contributed by atoms with Crippen LogP contribution in [0.3, 0.4) is 0 Å². The first-order chi connectivity index (χ1) is 16.0. The molecule has 7 nitrogen and oxygen atoms in total. The van der Waals surface area contributed by atoms with Crippen LogP contribution in [0.4, 0.5) is 4.79 Å². The molecule has 7 heteroatoms. The predicted octanol–water partition coefficient (Wildman–Crippen LogP) is 5.61. The molecule has 0 unspecified atom stereocenters. The molecule has 0 aliphatic carbocycles. The van der Waals surface area contributed by atoms with Gasteiger partial charge in [0, 0.05) is 25.2 Å². The maximum atomic E-state index is 13.0. The van der Waals surface area contributed by atoms with Gasteiger partial charge >= 0.3 is 6.03 Å². The summed E-state index contributed by atoms with van der Waals surface area (Å²) in [6.07, 6.45) is 1.73. The Labute approximate surface area is 196 Å². The summed E-state index contributed by atoms with van der Waals surface area (Å²) in [5, 5.41) is 7.80. The Morgan fingerprint density at radius 2 is 1.76 bits per heavy atom. The van der Waals surface area contributed by atoms with E-state index in [1.54, 1.807) is 11.8 Å². The van der Waals surface area contributed by atoms with Crippen molar-refractivity contribution in [1.29, 1.82) is 0 Å². The number of carbonyl (C=O) groups is 1. The Balaban J connectivity index is 2.04. The maximum Gasteiger partial charge on any atom is 0.317 e. The van der Waals surface area contributed by atoms with Crippen molar-refractivity contribution in [1.82, 2.24) is 20.0 Å². The molecular weight excluding hydrogens is 416 g/mol. The number of methoxy groups -OCH3 is 1. The number of nitrogens with zero attached hydrogens (tertiary/aromatic N) is 3. The number of amides is 2. The molecule has 0 saturated heterocycles. The molecular formula is C26H34N4O3. The molecule has 0 spiro atoms. The van der Waals surface area contributed by atoms with E-state index in [0.29, 0.717) is 24.7 Å². The molecule has 0 bridgehead atoms. The first kappa shape index (κ1) is 24.2. The fraction of sp³-hybridized carbons (Fsp3) is 0.385. The van der Waals surface area contributed by atoms with Gasteiger partial charge in [0.1, 0.15) is 17.2 Å². The molecule has 1 N–H and O–H groups in total. The number of aromatic nitrogens is 2. The molecule has 2 aromatic carbocycles. The predicted molar refractivity (Wildman–Crippen MR) is 131 cm³/mol. The minimum atomic E-state index is -0.0792. The van der Waals surface area contributed by atoms with Gasteiger partial charge in [-0.1, -0.05) is 44.2 Å². The van der Waals surface area contributed by atoms with Gasteiger partial charge in [0.2, 0.25) is 5.88 Å². The molecule has 33 heavy (non-hydrogen) atoms. The fourth-order valence-corrected chi connectivity index (χ4v) is 3.56. The summed E-state index contributed by atoms with van der Waals surface area (Å²) >= 11 is 0. The van der Waals surface area contributed by atoms with Crippen LogP contribution >= 0.6 is 0 Å². The van der Waals surface area contributed by atoms with Crippen LogP contribution < -0.4 is 14.8 Å². The Bertz CT molecular complexity index is 1030. The largest absolute Gasteiger partial charge is 0.497 e. The number of hydrogen-bond acceptors (Lipinski definition) is 4. The van der Waals surface area contributed by atoms with E-state index in [2.05, 4.69) is 19.2 Å². The van der Waals surface area contributed by atoms with E-state index in [0.717, 1.165) is 35.4 Å². The van der Waals surface area contributed by atoms with Crippen LogP contribution in [0.2, 0.25) is 0 Å². The van der Waals surface area contributed by atoms with Crippen LogP contribution in [-0.4, -0.2) is 40.4 Å². The molecule has 1 aromatic heterocycles. The number of nitrogens with one attached hydrogen (secondary N) is 1. The highest BCUT2D eigenvalue weighted by molar-refractivity contribution is 5.75. The van der Waals surface area contributed by atoms with E-state index in [1.807, 2.05) is 73.5 Å². The number of rotatable bonds is 10. The van der Waals surface area contributed by atoms with Crippen molar-refractivity contribution < 1.29 is 14.3 Å². The van der Waals surface area contributed by atoms with Crippen LogP contribution in [0.15, 0.2) is 54.6 Å². The van der Waals surface area contributed by atoms with Crippen molar-refractivity contribution in [2.45, 2.75) is 46.2 Å². The Hall–Kier alpha value is -3.48. The zero-order valence-electron chi connectivity index (χ0n) is 20.2. The van der Waals surface area contributed by atoms with Gasteiger partial charge in [0.25, 0.3) is 0 Å². The highest BCUT2D eigenvalue weighted by Gasteiger charge is 2.26. The van der Waals surface area contributed by atoms with Gasteiger partial charge in [-0.15, -0.1) is 0 Å². The summed E-state index contributed by atoms with van der Waals surface area (Å²) in [5.74, 6) is 2.04. The van der Waals surface area contributed by atoms with Crippen molar-refractivity contribution in [3.8, 4) is 28.6 Å². The Morgan fingerprint density at radius 1 is 1.09 bits per heavy atom. The van der Waals surface area contributed by atoms with Crippen molar-refractivity contribution in [3.05, 3.63) is 60.2 Å². The van der Waals surface area contributed by atoms with E-state index in [9.17, 15) is 4.79 Å². The average molecular weight is 451 g/mol. The van der Waals surface area contributed by atoms with Crippen molar-refractivity contribution in [2.75, 3.05) is 13.7 Å². The highest BCUT2D eigenvalue weighted by atomic mass is 16.5. The van der Waals surface area contributed by atoms with E-state index < -0.39 is 0 Å². The van der Waals surface area contributed by atoms with Gasteiger partial charge in [-0.2, -0.15) is 5.10 Å². The zero-order chi connectivity index (χ0) is 23.8. The molecule has 0 radical (unpaired) electrons. The van der Waals surface area contributed by atoms with Gasteiger partial charge in [0.05, 0.1) is 19.2 Å². The zero-order valence-corrected chi connectivity index (χ0v) is 20.2. The lowest BCUT2D eigenvalue weighted by atomic mass is 10.1. The molecule has 0 aliphatic heterocycles. The smallest absolute Gasteiger partial charge is 0.317 e. The number of aryl methyl sites for hydroxylation is 1.